The van der Waals surface area contributed by atoms with Gasteiger partial charge in [0, 0.05) is 12.7 Å². The molecule has 1 aromatic heterocycles. The molecule has 0 aliphatic carbocycles. The van der Waals surface area contributed by atoms with Gasteiger partial charge in [0.05, 0.1) is 17.4 Å². The highest BCUT2D eigenvalue weighted by Crippen LogP contribution is 2.24. The van der Waals surface area contributed by atoms with Crippen LogP contribution in [0.4, 0.5) is 5.69 Å². The minimum atomic E-state index is -3.49. The van der Waals surface area contributed by atoms with Crippen LogP contribution in [-0.2, 0) is 10.0 Å². The van der Waals surface area contributed by atoms with Gasteiger partial charge in [-0.05, 0) is 25.1 Å². The molecule has 2 aromatic rings. The highest BCUT2D eigenvalue weighted by molar-refractivity contribution is 7.89. The molecule has 7 heteroatoms. The molecule has 1 aromatic carbocycles. The van der Waals surface area contributed by atoms with E-state index in [1.54, 1.807) is 37.4 Å². The Bertz CT molecular complexity index is 653. The summed E-state index contributed by atoms with van der Waals surface area (Å²) in [7, 11) is -3.49. The summed E-state index contributed by atoms with van der Waals surface area (Å²) in [6, 6.07) is 8.61. The van der Waals surface area contributed by atoms with Crippen LogP contribution in [0, 0.1) is 0 Å². The minimum Gasteiger partial charge on any atom is -0.376 e. The number of H-pyrrole nitrogens is 1. The van der Waals surface area contributed by atoms with E-state index in [9.17, 15) is 8.42 Å². The summed E-state index contributed by atoms with van der Waals surface area (Å²) in [6.45, 7) is 4.04. The first-order valence-electron chi connectivity index (χ1n) is 6.39. The maximum atomic E-state index is 12.1. The van der Waals surface area contributed by atoms with Crippen LogP contribution in [0.1, 0.15) is 25.6 Å². The zero-order valence-corrected chi connectivity index (χ0v) is 12.2. The van der Waals surface area contributed by atoms with Gasteiger partial charge in [-0.25, -0.2) is 13.1 Å². The fraction of sp³-hybridized carbons (Fsp3) is 0.308. The van der Waals surface area contributed by atoms with Gasteiger partial charge in [-0.2, -0.15) is 5.10 Å². The van der Waals surface area contributed by atoms with Gasteiger partial charge < -0.3 is 5.32 Å². The number of para-hydroxylation sites is 1. The predicted octanol–water partition coefficient (Wildman–Crippen LogP) is 1.88. The van der Waals surface area contributed by atoms with E-state index in [2.05, 4.69) is 20.2 Å². The molecule has 20 heavy (non-hydrogen) atoms. The topological polar surface area (TPSA) is 86.9 Å². The van der Waals surface area contributed by atoms with E-state index in [1.165, 1.54) is 0 Å². The van der Waals surface area contributed by atoms with Crippen molar-refractivity contribution in [3.05, 3.63) is 42.2 Å². The van der Waals surface area contributed by atoms with Crippen molar-refractivity contribution in [1.29, 1.82) is 0 Å². The molecule has 3 N–H and O–H groups in total. The fourth-order valence-electron chi connectivity index (χ4n) is 1.91. The molecule has 0 amide bonds. The molecule has 0 aliphatic rings. The van der Waals surface area contributed by atoms with Crippen molar-refractivity contribution in [2.24, 2.45) is 0 Å². The van der Waals surface area contributed by atoms with Gasteiger partial charge in [0.2, 0.25) is 10.0 Å². The molecule has 1 unspecified atom stereocenters. The molecule has 0 saturated heterocycles. The Morgan fingerprint density at radius 2 is 2.05 bits per heavy atom. The number of hydrogen-bond donors (Lipinski definition) is 3. The molecule has 0 fully saturated rings. The van der Waals surface area contributed by atoms with Crippen LogP contribution >= 0.6 is 0 Å². The summed E-state index contributed by atoms with van der Waals surface area (Å²) in [5.74, 6) is 0. The lowest BCUT2D eigenvalue weighted by atomic mass is 10.2. The van der Waals surface area contributed by atoms with Crippen molar-refractivity contribution in [3.8, 4) is 0 Å². The molecular formula is C13H18N4O2S. The Kier molecular flexibility index (Phi) is 4.41. The molecule has 0 aliphatic heterocycles. The molecule has 1 heterocycles. The maximum Gasteiger partial charge on any atom is 0.242 e. The highest BCUT2D eigenvalue weighted by Gasteiger charge is 2.18. The molecular weight excluding hydrogens is 276 g/mol. The maximum absolute atomic E-state index is 12.1. The zero-order valence-electron chi connectivity index (χ0n) is 11.4. The number of aromatic nitrogens is 2. The van der Waals surface area contributed by atoms with Crippen LogP contribution in [0.15, 0.2) is 41.4 Å². The normalized spacial score (nSPS) is 13.1. The van der Waals surface area contributed by atoms with Crippen molar-refractivity contribution in [1.82, 2.24) is 14.9 Å². The van der Waals surface area contributed by atoms with Gasteiger partial charge in [0.1, 0.15) is 4.90 Å². The lowest BCUT2D eigenvalue weighted by Gasteiger charge is -2.17. The van der Waals surface area contributed by atoms with Crippen molar-refractivity contribution < 1.29 is 8.42 Å². The molecule has 0 spiro atoms. The third kappa shape index (κ3) is 3.17. The Morgan fingerprint density at radius 1 is 1.30 bits per heavy atom. The SMILES string of the molecule is CCNS(=O)(=O)c1ccccc1NC(C)c1ccn[nH]1. The molecule has 0 radical (unpaired) electrons. The first-order chi connectivity index (χ1) is 9.54. The molecule has 0 bridgehead atoms. The summed E-state index contributed by atoms with van der Waals surface area (Å²) >= 11 is 0. The Balaban J connectivity index is 2.29. The van der Waals surface area contributed by atoms with Crippen LogP contribution in [0.25, 0.3) is 0 Å². The van der Waals surface area contributed by atoms with E-state index in [4.69, 9.17) is 0 Å². The summed E-state index contributed by atoms with van der Waals surface area (Å²) < 4.78 is 26.8. The van der Waals surface area contributed by atoms with Crippen LogP contribution in [0.3, 0.4) is 0 Å². The Morgan fingerprint density at radius 3 is 2.70 bits per heavy atom. The fourth-order valence-corrected chi connectivity index (χ4v) is 3.12. The summed E-state index contributed by atoms with van der Waals surface area (Å²) in [5, 5.41) is 9.94. The van der Waals surface area contributed by atoms with E-state index < -0.39 is 10.0 Å². The van der Waals surface area contributed by atoms with E-state index in [1.807, 2.05) is 13.0 Å². The second kappa shape index (κ2) is 6.06. The molecule has 0 saturated carbocycles. The number of anilines is 1. The average Bonchev–Trinajstić information content (AvgIpc) is 2.93. The van der Waals surface area contributed by atoms with Crippen LogP contribution in [0.5, 0.6) is 0 Å². The van der Waals surface area contributed by atoms with Gasteiger partial charge in [0.25, 0.3) is 0 Å². The van der Waals surface area contributed by atoms with Crippen LogP contribution < -0.4 is 10.0 Å². The highest BCUT2D eigenvalue weighted by atomic mass is 32.2. The molecule has 2 rings (SSSR count). The zero-order chi connectivity index (χ0) is 14.6. The number of nitrogens with zero attached hydrogens (tertiary/aromatic N) is 1. The number of rotatable bonds is 6. The van der Waals surface area contributed by atoms with Gasteiger partial charge >= 0.3 is 0 Å². The van der Waals surface area contributed by atoms with Crippen molar-refractivity contribution in [2.75, 3.05) is 11.9 Å². The summed E-state index contributed by atoms with van der Waals surface area (Å²) in [5.41, 5.74) is 1.45. The third-order valence-electron chi connectivity index (χ3n) is 2.87. The monoisotopic (exact) mass is 294 g/mol. The Labute approximate surface area is 118 Å². The molecule has 1 atom stereocenters. The standard InChI is InChI=1S/C13H18N4O2S/c1-3-15-20(18,19)13-7-5-4-6-12(13)16-10(2)11-8-9-14-17-11/h4-10,15-16H,3H2,1-2H3,(H,14,17). The number of nitrogens with one attached hydrogen (secondary N) is 3. The number of sulfonamides is 1. The Hall–Kier alpha value is -1.86. The minimum absolute atomic E-state index is 0.0736. The summed E-state index contributed by atoms with van der Waals surface area (Å²) in [4.78, 5) is 0.244. The van der Waals surface area contributed by atoms with E-state index >= 15 is 0 Å². The first-order valence-corrected chi connectivity index (χ1v) is 7.87. The van der Waals surface area contributed by atoms with Gasteiger partial charge in [-0.1, -0.05) is 19.1 Å². The second-order valence-corrected chi connectivity index (χ2v) is 6.11. The molecule has 6 nitrogen and oxygen atoms in total. The average molecular weight is 294 g/mol. The largest absolute Gasteiger partial charge is 0.376 e. The van der Waals surface area contributed by atoms with Crippen molar-refractivity contribution in [2.45, 2.75) is 24.8 Å². The first kappa shape index (κ1) is 14.5. The van der Waals surface area contributed by atoms with E-state index in [0.717, 1.165) is 5.69 Å². The van der Waals surface area contributed by atoms with Gasteiger partial charge in [0.15, 0.2) is 0 Å². The number of benzene rings is 1. The van der Waals surface area contributed by atoms with Gasteiger partial charge in [-0.3, -0.25) is 5.10 Å². The lowest BCUT2D eigenvalue weighted by molar-refractivity contribution is 0.584. The summed E-state index contributed by atoms with van der Waals surface area (Å²) in [6.07, 6.45) is 1.66. The third-order valence-corrected chi connectivity index (χ3v) is 4.48. The molecule has 108 valence electrons. The number of hydrogen-bond acceptors (Lipinski definition) is 4. The van der Waals surface area contributed by atoms with Crippen LogP contribution in [0.2, 0.25) is 0 Å². The van der Waals surface area contributed by atoms with Crippen molar-refractivity contribution in [3.63, 3.8) is 0 Å². The smallest absolute Gasteiger partial charge is 0.242 e. The second-order valence-electron chi connectivity index (χ2n) is 4.38. The lowest BCUT2D eigenvalue weighted by Crippen LogP contribution is -2.24. The number of aromatic amines is 1. The quantitative estimate of drug-likeness (QED) is 0.759. The van der Waals surface area contributed by atoms with E-state index in [0.29, 0.717) is 12.2 Å². The van der Waals surface area contributed by atoms with Crippen molar-refractivity contribution >= 4 is 15.7 Å². The van der Waals surface area contributed by atoms with Gasteiger partial charge in [-0.15, -0.1) is 0 Å². The van der Waals surface area contributed by atoms with E-state index in [-0.39, 0.29) is 10.9 Å². The predicted molar refractivity (Wildman–Crippen MR) is 77.9 cm³/mol. The van der Waals surface area contributed by atoms with Crippen LogP contribution in [-0.4, -0.2) is 25.2 Å².